The van der Waals surface area contributed by atoms with Crippen molar-refractivity contribution < 1.29 is 4.39 Å². The third kappa shape index (κ3) is 2.39. The highest BCUT2D eigenvalue weighted by Crippen LogP contribution is 2.26. The fourth-order valence-electron chi connectivity index (χ4n) is 3.42. The Balaban J connectivity index is 1.72. The van der Waals surface area contributed by atoms with Gasteiger partial charge < -0.3 is 4.57 Å². The SMILES string of the molecule is Fc1ccc(-c2cn3c4ccccc4n(Cc4ccccc4)c3n2)cc1. The molecule has 0 saturated heterocycles. The monoisotopic (exact) mass is 341 g/mol. The minimum atomic E-state index is -0.239. The Morgan fingerprint density at radius 3 is 2.23 bits per heavy atom. The fourth-order valence-corrected chi connectivity index (χ4v) is 3.42. The molecule has 2 aromatic heterocycles. The van der Waals surface area contributed by atoms with Crippen molar-refractivity contribution in [2.75, 3.05) is 0 Å². The highest BCUT2D eigenvalue weighted by Gasteiger charge is 2.14. The highest BCUT2D eigenvalue weighted by atomic mass is 19.1. The molecular weight excluding hydrogens is 325 g/mol. The summed E-state index contributed by atoms with van der Waals surface area (Å²) in [5.41, 5.74) is 5.23. The fraction of sp³-hybridized carbons (Fsp3) is 0.0455. The standard InChI is InChI=1S/C22H16FN3/c23-18-12-10-17(11-13-18)19-15-26-21-9-5-4-8-20(21)25(22(26)24-19)14-16-6-2-1-3-7-16/h1-13,15H,14H2. The summed E-state index contributed by atoms with van der Waals surface area (Å²) in [4.78, 5) is 4.85. The normalized spacial score (nSPS) is 11.4. The predicted octanol–water partition coefficient (Wildman–Crippen LogP) is 5.14. The van der Waals surface area contributed by atoms with Gasteiger partial charge >= 0.3 is 0 Å². The number of hydrogen-bond acceptors (Lipinski definition) is 1. The largest absolute Gasteiger partial charge is 0.305 e. The van der Waals surface area contributed by atoms with Crippen LogP contribution in [0.2, 0.25) is 0 Å². The third-order valence-electron chi connectivity index (χ3n) is 4.68. The first-order chi connectivity index (χ1) is 12.8. The number of para-hydroxylation sites is 2. The van der Waals surface area contributed by atoms with Crippen molar-refractivity contribution >= 4 is 16.8 Å². The minimum Gasteiger partial charge on any atom is -0.305 e. The molecule has 0 radical (unpaired) electrons. The zero-order valence-electron chi connectivity index (χ0n) is 14.0. The van der Waals surface area contributed by atoms with Crippen molar-refractivity contribution in [2.24, 2.45) is 0 Å². The highest BCUT2D eigenvalue weighted by molar-refractivity contribution is 5.82. The predicted molar refractivity (Wildman–Crippen MR) is 102 cm³/mol. The van der Waals surface area contributed by atoms with E-state index in [1.807, 2.05) is 36.5 Å². The number of benzene rings is 3. The van der Waals surface area contributed by atoms with E-state index >= 15 is 0 Å². The molecular formula is C22H16FN3. The Bertz CT molecular complexity index is 1200. The quantitative estimate of drug-likeness (QED) is 0.445. The summed E-state index contributed by atoms with van der Waals surface area (Å²) in [5, 5.41) is 0. The van der Waals surface area contributed by atoms with E-state index in [0.717, 1.165) is 34.6 Å². The van der Waals surface area contributed by atoms with Crippen LogP contribution in [0.4, 0.5) is 4.39 Å². The first-order valence-electron chi connectivity index (χ1n) is 8.56. The van der Waals surface area contributed by atoms with E-state index in [1.54, 1.807) is 12.1 Å². The smallest absolute Gasteiger partial charge is 0.215 e. The Kier molecular flexibility index (Phi) is 3.35. The molecule has 0 atom stereocenters. The van der Waals surface area contributed by atoms with E-state index < -0.39 is 0 Å². The van der Waals surface area contributed by atoms with Gasteiger partial charge in [-0.2, -0.15) is 0 Å². The maximum absolute atomic E-state index is 13.2. The van der Waals surface area contributed by atoms with E-state index in [2.05, 4.69) is 33.2 Å². The van der Waals surface area contributed by atoms with Gasteiger partial charge in [0, 0.05) is 11.8 Å². The molecule has 3 nitrogen and oxygen atoms in total. The van der Waals surface area contributed by atoms with Crippen molar-refractivity contribution in [3.63, 3.8) is 0 Å². The van der Waals surface area contributed by atoms with Crippen LogP contribution in [0.15, 0.2) is 85.1 Å². The van der Waals surface area contributed by atoms with Crippen LogP contribution in [0, 0.1) is 5.82 Å². The molecule has 0 amide bonds. The molecule has 4 heteroatoms. The number of hydrogen-bond donors (Lipinski definition) is 0. The average molecular weight is 341 g/mol. The number of fused-ring (bicyclic) bond motifs is 3. The molecule has 0 fully saturated rings. The second kappa shape index (κ2) is 5.85. The zero-order chi connectivity index (χ0) is 17.5. The Hall–Kier alpha value is -3.40. The summed E-state index contributed by atoms with van der Waals surface area (Å²) in [6.07, 6.45) is 2.02. The van der Waals surface area contributed by atoms with Gasteiger partial charge in [0.25, 0.3) is 0 Å². The molecule has 0 unspecified atom stereocenters. The molecule has 0 N–H and O–H groups in total. The lowest BCUT2D eigenvalue weighted by molar-refractivity contribution is 0.628. The number of aromatic nitrogens is 3. The second-order valence-electron chi connectivity index (χ2n) is 6.36. The van der Waals surface area contributed by atoms with Gasteiger partial charge in [0.05, 0.1) is 23.3 Å². The molecule has 5 aromatic rings. The lowest BCUT2D eigenvalue weighted by atomic mass is 10.2. The van der Waals surface area contributed by atoms with Crippen molar-refractivity contribution in [3.05, 3.63) is 96.4 Å². The van der Waals surface area contributed by atoms with Gasteiger partial charge in [-0.1, -0.05) is 42.5 Å². The average Bonchev–Trinajstić information content (AvgIpc) is 3.23. The number of nitrogens with zero attached hydrogens (tertiary/aromatic N) is 3. The van der Waals surface area contributed by atoms with E-state index in [1.165, 1.54) is 17.7 Å². The van der Waals surface area contributed by atoms with Crippen molar-refractivity contribution in [1.82, 2.24) is 14.0 Å². The summed E-state index contributed by atoms with van der Waals surface area (Å²) < 4.78 is 17.6. The Labute approximate surface area is 150 Å². The van der Waals surface area contributed by atoms with E-state index in [0.29, 0.717) is 0 Å². The minimum absolute atomic E-state index is 0.239. The maximum Gasteiger partial charge on any atom is 0.215 e. The van der Waals surface area contributed by atoms with Crippen LogP contribution in [-0.4, -0.2) is 14.0 Å². The van der Waals surface area contributed by atoms with Crippen molar-refractivity contribution in [1.29, 1.82) is 0 Å². The lowest BCUT2D eigenvalue weighted by Gasteiger charge is -2.05. The van der Waals surface area contributed by atoms with Crippen molar-refractivity contribution in [3.8, 4) is 11.3 Å². The summed E-state index contributed by atoms with van der Waals surface area (Å²) in [5.74, 6) is 0.644. The van der Waals surface area contributed by atoms with Gasteiger partial charge in [-0.25, -0.2) is 9.37 Å². The van der Waals surface area contributed by atoms with Crippen LogP contribution in [0.3, 0.4) is 0 Å². The van der Waals surface area contributed by atoms with Gasteiger partial charge in [0.2, 0.25) is 5.78 Å². The molecule has 0 spiro atoms. The number of rotatable bonds is 3. The second-order valence-corrected chi connectivity index (χ2v) is 6.36. The van der Waals surface area contributed by atoms with Crippen LogP contribution < -0.4 is 0 Å². The van der Waals surface area contributed by atoms with Gasteiger partial charge in [-0.05, 0) is 42.0 Å². The van der Waals surface area contributed by atoms with Crippen molar-refractivity contribution in [2.45, 2.75) is 6.54 Å². The lowest BCUT2D eigenvalue weighted by Crippen LogP contribution is -2.00. The molecule has 2 heterocycles. The van der Waals surface area contributed by atoms with Gasteiger partial charge in [-0.3, -0.25) is 4.40 Å². The molecule has 26 heavy (non-hydrogen) atoms. The molecule has 0 aliphatic heterocycles. The third-order valence-corrected chi connectivity index (χ3v) is 4.68. The summed E-state index contributed by atoms with van der Waals surface area (Å²) >= 11 is 0. The number of imidazole rings is 2. The van der Waals surface area contributed by atoms with Crippen LogP contribution >= 0.6 is 0 Å². The van der Waals surface area contributed by atoms with Gasteiger partial charge in [0.1, 0.15) is 5.82 Å². The molecule has 0 bridgehead atoms. The first-order valence-corrected chi connectivity index (χ1v) is 8.56. The number of halogens is 1. The van der Waals surface area contributed by atoms with Gasteiger partial charge in [0.15, 0.2) is 0 Å². The molecule has 0 aliphatic carbocycles. The summed E-state index contributed by atoms with van der Waals surface area (Å²) in [6, 6.07) is 25.1. The molecule has 0 aliphatic rings. The van der Waals surface area contributed by atoms with E-state index in [4.69, 9.17) is 4.98 Å². The van der Waals surface area contributed by atoms with Crippen LogP contribution in [0.1, 0.15) is 5.56 Å². The first kappa shape index (κ1) is 14.9. The van der Waals surface area contributed by atoms with Crippen LogP contribution in [0.5, 0.6) is 0 Å². The summed E-state index contributed by atoms with van der Waals surface area (Å²) in [7, 11) is 0. The Morgan fingerprint density at radius 1 is 0.769 bits per heavy atom. The van der Waals surface area contributed by atoms with Crippen LogP contribution in [0.25, 0.3) is 28.1 Å². The van der Waals surface area contributed by atoms with E-state index in [9.17, 15) is 4.39 Å². The molecule has 126 valence electrons. The topological polar surface area (TPSA) is 22.2 Å². The summed E-state index contributed by atoms with van der Waals surface area (Å²) in [6.45, 7) is 0.748. The maximum atomic E-state index is 13.2. The zero-order valence-corrected chi connectivity index (χ0v) is 14.0. The Morgan fingerprint density at radius 2 is 1.46 bits per heavy atom. The van der Waals surface area contributed by atoms with E-state index in [-0.39, 0.29) is 5.82 Å². The molecule has 5 rings (SSSR count). The molecule has 3 aromatic carbocycles. The van der Waals surface area contributed by atoms with Crippen LogP contribution in [-0.2, 0) is 6.54 Å². The molecule has 0 saturated carbocycles. The van der Waals surface area contributed by atoms with Gasteiger partial charge in [-0.15, -0.1) is 0 Å².